The second-order valence-corrected chi connectivity index (χ2v) is 7.30. The molecule has 4 rings (SSSR count). The number of ether oxygens (including phenoxy) is 3. The summed E-state index contributed by atoms with van der Waals surface area (Å²) in [5, 5.41) is 4.39. The smallest absolute Gasteiger partial charge is 0.410 e. The van der Waals surface area contributed by atoms with Crippen molar-refractivity contribution in [2.45, 2.75) is 20.0 Å². The first-order chi connectivity index (χ1) is 15.0. The quantitative estimate of drug-likeness (QED) is 0.603. The summed E-state index contributed by atoms with van der Waals surface area (Å²) in [7, 11) is 3.04. The summed E-state index contributed by atoms with van der Waals surface area (Å²) in [6.07, 6.45) is 4.79. The zero-order chi connectivity index (χ0) is 22.0. The van der Waals surface area contributed by atoms with Crippen LogP contribution in [0.15, 0.2) is 24.7 Å². The normalized spacial score (nSPS) is 14.2. The average Bonchev–Trinajstić information content (AvgIpc) is 3.21. The van der Waals surface area contributed by atoms with Crippen molar-refractivity contribution in [1.29, 1.82) is 0 Å². The fourth-order valence-corrected chi connectivity index (χ4v) is 3.41. The van der Waals surface area contributed by atoms with Crippen molar-refractivity contribution >= 4 is 17.6 Å². The van der Waals surface area contributed by atoms with E-state index in [1.165, 1.54) is 7.11 Å². The standard InChI is InChI=1S/C20H25N7O4/c1-13(2)31-20(28)26-9-7-25(8-10-26)16-5-6-27-17(23-16)14(12-22-27)15-11-21-19(30-4)24-18(15)29-3/h5-6,11-13H,7-10H2,1-4H3. The Hall–Kier alpha value is -3.63. The molecule has 1 amide bonds. The van der Waals surface area contributed by atoms with Gasteiger partial charge in [0.1, 0.15) is 5.82 Å². The number of hydrogen-bond donors (Lipinski definition) is 0. The van der Waals surface area contributed by atoms with Gasteiger partial charge in [0.2, 0.25) is 5.88 Å². The molecule has 0 radical (unpaired) electrons. The summed E-state index contributed by atoms with van der Waals surface area (Å²) < 4.78 is 17.5. The van der Waals surface area contributed by atoms with Gasteiger partial charge in [0, 0.05) is 38.6 Å². The molecule has 1 aliphatic rings. The van der Waals surface area contributed by atoms with Crippen molar-refractivity contribution in [1.82, 2.24) is 29.5 Å². The van der Waals surface area contributed by atoms with E-state index in [9.17, 15) is 4.79 Å². The highest BCUT2D eigenvalue weighted by Gasteiger charge is 2.24. The maximum atomic E-state index is 12.1. The summed E-state index contributed by atoms with van der Waals surface area (Å²) in [5.41, 5.74) is 2.08. The van der Waals surface area contributed by atoms with Gasteiger partial charge in [-0.2, -0.15) is 10.1 Å². The van der Waals surface area contributed by atoms with Gasteiger partial charge in [-0.25, -0.2) is 19.3 Å². The molecule has 1 saturated heterocycles. The van der Waals surface area contributed by atoms with E-state index in [1.54, 1.807) is 28.9 Å². The summed E-state index contributed by atoms with van der Waals surface area (Å²) >= 11 is 0. The topological polar surface area (TPSA) is 107 Å². The third kappa shape index (κ3) is 4.16. The lowest BCUT2D eigenvalue weighted by Crippen LogP contribution is -2.49. The third-order valence-corrected chi connectivity index (χ3v) is 4.95. The van der Waals surface area contributed by atoms with Crippen molar-refractivity contribution in [3.8, 4) is 23.0 Å². The van der Waals surface area contributed by atoms with Crippen LogP contribution in [0.5, 0.6) is 11.9 Å². The van der Waals surface area contributed by atoms with Gasteiger partial charge in [-0.3, -0.25) is 0 Å². The van der Waals surface area contributed by atoms with E-state index in [1.807, 2.05) is 26.1 Å². The third-order valence-electron chi connectivity index (χ3n) is 4.95. The van der Waals surface area contributed by atoms with E-state index in [0.29, 0.717) is 43.3 Å². The van der Waals surface area contributed by atoms with Gasteiger partial charge in [0.25, 0.3) is 0 Å². The fourth-order valence-electron chi connectivity index (χ4n) is 3.41. The Balaban J connectivity index is 1.58. The van der Waals surface area contributed by atoms with Gasteiger partial charge in [0.15, 0.2) is 5.65 Å². The Morgan fingerprint density at radius 2 is 1.81 bits per heavy atom. The van der Waals surface area contributed by atoms with Crippen LogP contribution in [0.2, 0.25) is 0 Å². The molecular weight excluding hydrogens is 402 g/mol. The number of aromatic nitrogens is 5. The number of methoxy groups -OCH3 is 2. The molecule has 11 nitrogen and oxygen atoms in total. The van der Waals surface area contributed by atoms with E-state index in [4.69, 9.17) is 19.2 Å². The van der Waals surface area contributed by atoms with E-state index in [0.717, 1.165) is 11.4 Å². The van der Waals surface area contributed by atoms with E-state index in [-0.39, 0.29) is 18.2 Å². The second kappa shape index (κ2) is 8.62. The van der Waals surface area contributed by atoms with Crippen LogP contribution in [0.25, 0.3) is 16.8 Å². The Kier molecular flexibility index (Phi) is 5.74. The van der Waals surface area contributed by atoms with Crippen molar-refractivity contribution < 1.29 is 19.0 Å². The largest absolute Gasteiger partial charge is 0.480 e. The molecule has 164 valence electrons. The van der Waals surface area contributed by atoms with Gasteiger partial charge in [0.05, 0.1) is 37.6 Å². The lowest BCUT2D eigenvalue weighted by molar-refractivity contribution is 0.0751. The van der Waals surface area contributed by atoms with Crippen LogP contribution in [0.1, 0.15) is 13.8 Å². The summed E-state index contributed by atoms with van der Waals surface area (Å²) in [6, 6.07) is 2.13. The van der Waals surface area contributed by atoms with Gasteiger partial charge in [-0.05, 0) is 19.9 Å². The first kappa shape index (κ1) is 20.6. The van der Waals surface area contributed by atoms with Crippen molar-refractivity contribution in [2.75, 3.05) is 45.3 Å². The molecule has 0 unspecified atom stereocenters. The zero-order valence-corrected chi connectivity index (χ0v) is 18.0. The highest BCUT2D eigenvalue weighted by atomic mass is 16.6. The first-order valence-corrected chi connectivity index (χ1v) is 10.0. The molecular formula is C20H25N7O4. The molecule has 0 atom stereocenters. The van der Waals surface area contributed by atoms with Gasteiger partial charge in [-0.15, -0.1) is 0 Å². The summed E-state index contributed by atoms with van der Waals surface area (Å²) in [5.74, 6) is 1.19. The number of piperazine rings is 1. The van der Waals surface area contributed by atoms with E-state index >= 15 is 0 Å². The van der Waals surface area contributed by atoms with Gasteiger partial charge in [-0.1, -0.05) is 0 Å². The minimum Gasteiger partial charge on any atom is -0.480 e. The van der Waals surface area contributed by atoms with Crippen LogP contribution in [0.4, 0.5) is 10.6 Å². The Labute approximate surface area is 179 Å². The average molecular weight is 427 g/mol. The molecule has 0 N–H and O–H groups in total. The minimum atomic E-state index is -0.275. The molecule has 11 heteroatoms. The molecule has 0 spiro atoms. The molecule has 31 heavy (non-hydrogen) atoms. The summed E-state index contributed by atoms with van der Waals surface area (Å²) in [4.78, 5) is 29.2. The predicted molar refractivity (Wildman–Crippen MR) is 113 cm³/mol. The number of fused-ring (bicyclic) bond motifs is 1. The minimum absolute atomic E-state index is 0.131. The van der Waals surface area contributed by atoms with E-state index in [2.05, 4.69) is 20.0 Å². The number of amides is 1. The number of rotatable bonds is 5. The number of anilines is 1. The molecule has 1 fully saturated rings. The SMILES string of the molecule is COc1ncc(-c2cnn3ccc(N4CCN(C(=O)OC(C)C)CC4)nc23)c(OC)n1. The molecule has 1 aliphatic heterocycles. The lowest BCUT2D eigenvalue weighted by atomic mass is 10.2. The summed E-state index contributed by atoms with van der Waals surface area (Å²) in [6.45, 7) is 6.16. The van der Waals surface area contributed by atoms with Crippen LogP contribution in [-0.2, 0) is 4.74 Å². The number of carbonyl (C=O) groups is 1. The molecule has 0 aromatic carbocycles. The Bertz CT molecular complexity index is 1080. The number of nitrogens with zero attached hydrogens (tertiary/aromatic N) is 7. The molecule has 0 bridgehead atoms. The lowest BCUT2D eigenvalue weighted by Gasteiger charge is -2.35. The highest BCUT2D eigenvalue weighted by molar-refractivity contribution is 5.80. The van der Waals surface area contributed by atoms with E-state index < -0.39 is 0 Å². The monoisotopic (exact) mass is 427 g/mol. The fraction of sp³-hybridized carbons (Fsp3) is 0.450. The van der Waals surface area contributed by atoms with Crippen LogP contribution in [0, 0.1) is 0 Å². The van der Waals surface area contributed by atoms with Crippen molar-refractivity contribution in [3.63, 3.8) is 0 Å². The number of hydrogen-bond acceptors (Lipinski definition) is 9. The Morgan fingerprint density at radius 3 is 2.48 bits per heavy atom. The maximum Gasteiger partial charge on any atom is 0.410 e. The zero-order valence-electron chi connectivity index (χ0n) is 18.0. The first-order valence-electron chi connectivity index (χ1n) is 10.0. The molecule has 4 heterocycles. The van der Waals surface area contributed by atoms with Crippen molar-refractivity contribution in [2.24, 2.45) is 0 Å². The predicted octanol–water partition coefficient (Wildman–Crippen LogP) is 1.87. The maximum absolute atomic E-state index is 12.1. The number of carbonyl (C=O) groups excluding carboxylic acids is 1. The molecule has 3 aromatic rings. The van der Waals surface area contributed by atoms with Gasteiger partial charge < -0.3 is 24.0 Å². The van der Waals surface area contributed by atoms with Crippen molar-refractivity contribution in [3.05, 3.63) is 24.7 Å². The van der Waals surface area contributed by atoms with Crippen LogP contribution < -0.4 is 14.4 Å². The van der Waals surface area contributed by atoms with Gasteiger partial charge >= 0.3 is 12.1 Å². The molecule has 0 aliphatic carbocycles. The Morgan fingerprint density at radius 1 is 1.03 bits per heavy atom. The molecule has 0 saturated carbocycles. The van der Waals surface area contributed by atoms with Crippen LogP contribution >= 0.6 is 0 Å². The van der Waals surface area contributed by atoms with Crippen LogP contribution in [0.3, 0.4) is 0 Å². The highest BCUT2D eigenvalue weighted by Crippen LogP contribution is 2.32. The van der Waals surface area contributed by atoms with Crippen LogP contribution in [-0.4, -0.2) is 82.1 Å². The molecule has 3 aromatic heterocycles. The second-order valence-electron chi connectivity index (χ2n) is 7.30.